The van der Waals surface area contributed by atoms with Gasteiger partial charge in [-0.25, -0.2) is 4.79 Å². The van der Waals surface area contributed by atoms with Crippen molar-refractivity contribution in [2.45, 2.75) is 12.5 Å². The van der Waals surface area contributed by atoms with Crippen LogP contribution < -0.4 is 0 Å². The quantitative estimate of drug-likeness (QED) is 0.880. The summed E-state index contributed by atoms with van der Waals surface area (Å²) < 4.78 is 0. The molecule has 1 amide bonds. The summed E-state index contributed by atoms with van der Waals surface area (Å²) in [6.07, 6.45) is 3.18. The molecule has 1 aliphatic rings. The Morgan fingerprint density at radius 1 is 1.38 bits per heavy atom. The SMILES string of the molecule is O=C(O)C1c2ccsc2CCN1C(=O)c1cncc(O)c1. The Morgan fingerprint density at radius 3 is 2.90 bits per heavy atom. The van der Waals surface area contributed by atoms with Crippen molar-refractivity contribution in [1.82, 2.24) is 9.88 Å². The molecule has 21 heavy (non-hydrogen) atoms. The minimum Gasteiger partial charge on any atom is -0.506 e. The molecular weight excluding hydrogens is 292 g/mol. The van der Waals surface area contributed by atoms with Crippen molar-refractivity contribution in [3.05, 3.63) is 45.9 Å². The first-order valence-corrected chi connectivity index (χ1v) is 7.20. The summed E-state index contributed by atoms with van der Waals surface area (Å²) in [5.41, 5.74) is 0.847. The van der Waals surface area contributed by atoms with Crippen LogP contribution in [0, 0.1) is 0 Å². The number of nitrogens with zero attached hydrogens (tertiary/aromatic N) is 2. The predicted octanol–water partition coefficient (Wildman–Crippen LogP) is 1.67. The zero-order valence-electron chi connectivity index (χ0n) is 10.9. The molecule has 2 aromatic heterocycles. The highest BCUT2D eigenvalue weighted by molar-refractivity contribution is 7.10. The standard InChI is InChI=1S/C14H12N2O4S/c17-9-5-8(6-15-7-9)13(18)16-3-1-11-10(2-4-21-11)12(16)14(19)20/h2,4-7,12,17H,1,3H2,(H,19,20). The molecule has 2 aromatic rings. The molecule has 0 spiro atoms. The number of aromatic nitrogens is 1. The number of hydrogen-bond acceptors (Lipinski definition) is 5. The van der Waals surface area contributed by atoms with Gasteiger partial charge in [-0.15, -0.1) is 11.3 Å². The molecule has 1 atom stereocenters. The van der Waals surface area contributed by atoms with E-state index in [2.05, 4.69) is 4.98 Å². The Labute approximate surface area is 124 Å². The number of carbonyl (C=O) groups is 2. The number of thiophene rings is 1. The van der Waals surface area contributed by atoms with Gasteiger partial charge in [-0.2, -0.15) is 0 Å². The lowest BCUT2D eigenvalue weighted by Crippen LogP contribution is -2.43. The van der Waals surface area contributed by atoms with Crippen LogP contribution in [0.5, 0.6) is 5.75 Å². The maximum Gasteiger partial charge on any atom is 0.331 e. The van der Waals surface area contributed by atoms with E-state index in [-0.39, 0.29) is 11.3 Å². The van der Waals surface area contributed by atoms with Crippen LogP contribution in [0.1, 0.15) is 26.8 Å². The molecule has 108 valence electrons. The average Bonchev–Trinajstić information content (AvgIpc) is 2.93. The summed E-state index contributed by atoms with van der Waals surface area (Å²) >= 11 is 1.50. The highest BCUT2D eigenvalue weighted by Gasteiger charge is 2.37. The van der Waals surface area contributed by atoms with E-state index >= 15 is 0 Å². The number of pyridine rings is 1. The van der Waals surface area contributed by atoms with Gasteiger partial charge in [0.25, 0.3) is 5.91 Å². The Bertz CT molecular complexity index is 713. The third-order valence-corrected chi connectivity index (χ3v) is 4.43. The molecule has 3 rings (SSSR count). The number of amides is 1. The van der Waals surface area contributed by atoms with Crippen molar-refractivity contribution >= 4 is 23.2 Å². The van der Waals surface area contributed by atoms with E-state index < -0.39 is 17.9 Å². The summed E-state index contributed by atoms with van der Waals surface area (Å²) in [5, 5.41) is 20.7. The first kappa shape index (κ1) is 13.6. The van der Waals surface area contributed by atoms with E-state index in [4.69, 9.17) is 0 Å². The van der Waals surface area contributed by atoms with Gasteiger partial charge < -0.3 is 15.1 Å². The summed E-state index contributed by atoms with van der Waals surface area (Å²) in [6, 6.07) is 2.05. The van der Waals surface area contributed by atoms with E-state index in [1.165, 1.54) is 34.7 Å². The molecule has 0 fully saturated rings. The molecule has 7 heteroatoms. The molecule has 1 unspecified atom stereocenters. The molecular formula is C14H12N2O4S. The molecule has 0 saturated heterocycles. The first-order chi connectivity index (χ1) is 10.1. The second kappa shape index (κ2) is 5.17. The minimum absolute atomic E-state index is 0.124. The van der Waals surface area contributed by atoms with E-state index in [0.717, 1.165) is 4.88 Å². The Morgan fingerprint density at radius 2 is 2.19 bits per heavy atom. The van der Waals surface area contributed by atoms with Crippen LogP contribution in [0.25, 0.3) is 0 Å². The van der Waals surface area contributed by atoms with Crippen LogP contribution in [0.15, 0.2) is 29.9 Å². The normalized spacial score (nSPS) is 17.3. The lowest BCUT2D eigenvalue weighted by Gasteiger charge is -2.33. The number of aliphatic carboxylic acids is 1. The van der Waals surface area contributed by atoms with Crippen LogP contribution in [0.3, 0.4) is 0 Å². The Kier molecular flexibility index (Phi) is 3.34. The highest BCUT2D eigenvalue weighted by atomic mass is 32.1. The van der Waals surface area contributed by atoms with Gasteiger partial charge in [-0.05, 0) is 29.5 Å². The van der Waals surface area contributed by atoms with Gasteiger partial charge in [0.1, 0.15) is 5.75 Å². The molecule has 0 aliphatic carbocycles. The van der Waals surface area contributed by atoms with Crippen LogP contribution in [-0.4, -0.2) is 38.5 Å². The summed E-state index contributed by atoms with van der Waals surface area (Å²) in [7, 11) is 0. The van der Waals surface area contributed by atoms with Gasteiger partial charge in [-0.3, -0.25) is 9.78 Å². The topological polar surface area (TPSA) is 90.7 Å². The van der Waals surface area contributed by atoms with Gasteiger partial charge in [0.05, 0.1) is 11.8 Å². The van der Waals surface area contributed by atoms with Gasteiger partial charge in [0, 0.05) is 17.6 Å². The van der Waals surface area contributed by atoms with Gasteiger partial charge >= 0.3 is 5.97 Å². The van der Waals surface area contributed by atoms with E-state index in [9.17, 15) is 19.8 Å². The fraction of sp³-hybridized carbons (Fsp3) is 0.214. The molecule has 0 bridgehead atoms. The van der Waals surface area contributed by atoms with E-state index in [0.29, 0.717) is 18.5 Å². The molecule has 0 saturated carbocycles. The van der Waals surface area contributed by atoms with Crippen molar-refractivity contribution in [2.75, 3.05) is 6.54 Å². The smallest absolute Gasteiger partial charge is 0.331 e. The van der Waals surface area contributed by atoms with Crippen molar-refractivity contribution < 1.29 is 19.8 Å². The lowest BCUT2D eigenvalue weighted by molar-refractivity contribution is -0.142. The monoisotopic (exact) mass is 304 g/mol. The number of rotatable bonds is 2. The Balaban J connectivity index is 1.98. The largest absolute Gasteiger partial charge is 0.506 e. The highest BCUT2D eigenvalue weighted by Crippen LogP contribution is 2.34. The third kappa shape index (κ3) is 2.36. The Hall–Kier alpha value is -2.41. The molecule has 2 N–H and O–H groups in total. The van der Waals surface area contributed by atoms with Gasteiger partial charge in [-0.1, -0.05) is 0 Å². The van der Waals surface area contributed by atoms with Gasteiger partial charge in [0.15, 0.2) is 6.04 Å². The van der Waals surface area contributed by atoms with Crippen molar-refractivity contribution in [3.8, 4) is 5.75 Å². The number of carboxylic acids is 1. The van der Waals surface area contributed by atoms with E-state index in [1.807, 2.05) is 5.38 Å². The van der Waals surface area contributed by atoms with Crippen LogP contribution in [0.4, 0.5) is 0 Å². The number of carboxylic acid groups (broad SMARTS) is 1. The molecule has 3 heterocycles. The van der Waals surface area contributed by atoms with Crippen LogP contribution in [0.2, 0.25) is 0 Å². The summed E-state index contributed by atoms with van der Waals surface area (Å²) in [4.78, 5) is 30.2. The maximum atomic E-state index is 12.5. The minimum atomic E-state index is -1.06. The molecule has 0 aromatic carbocycles. The van der Waals surface area contributed by atoms with Crippen LogP contribution >= 0.6 is 11.3 Å². The number of aromatic hydroxyl groups is 1. The van der Waals surface area contributed by atoms with Crippen molar-refractivity contribution in [3.63, 3.8) is 0 Å². The average molecular weight is 304 g/mol. The fourth-order valence-electron chi connectivity index (χ4n) is 2.51. The predicted molar refractivity (Wildman–Crippen MR) is 75.3 cm³/mol. The second-order valence-electron chi connectivity index (χ2n) is 4.72. The van der Waals surface area contributed by atoms with Gasteiger partial charge in [0.2, 0.25) is 0 Å². The first-order valence-electron chi connectivity index (χ1n) is 6.32. The van der Waals surface area contributed by atoms with Crippen molar-refractivity contribution in [1.29, 1.82) is 0 Å². The zero-order chi connectivity index (χ0) is 15.0. The third-order valence-electron chi connectivity index (χ3n) is 3.43. The molecule has 6 nitrogen and oxygen atoms in total. The molecule has 0 radical (unpaired) electrons. The second-order valence-corrected chi connectivity index (χ2v) is 5.72. The number of hydrogen-bond donors (Lipinski definition) is 2. The molecule has 1 aliphatic heterocycles. The maximum absolute atomic E-state index is 12.5. The van der Waals surface area contributed by atoms with E-state index in [1.54, 1.807) is 6.07 Å². The summed E-state index contributed by atoms with van der Waals surface area (Å²) in [5.74, 6) is -1.63. The fourth-order valence-corrected chi connectivity index (χ4v) is 3.42. The van der Waals surface area contributed by atoms with Crippen molar-refractivity contribution in [2.24, 2.45) is 0 Å². The zero-order valence-corrected chi connectivity index (χ0v) is 11.7. The van der Waals surface area contributed by atoms with Crippen LogP contribution in [-0.2, 0) is 11.2 Å². The lowest BCUT2D eigenvalue weighted by atomic mass is 9.99. The number of carbonyl (C=O) groups excluding carboxylic acids is 1. The number of fused-ring (bicyclic) bond motifs is 1. The summed E-state index contributed by atoms with van der Waals surface area (Å²) in [6.45, 7) is 0.332.